The second-order valence-corrected chi connectivity index (χ2v) is 10.6. The first-order valence-corrected chi connectivity index (χ1v) is 13.7. The quantitative estimate of drug-likeness (QED) is 0.174. The molecule has 6 rings (SSSR count). The number of primary amides is 1. The van der Waals surface area contributed by atoms with Crippen LogP contribution in [0.4, 0.5) is 11.8 Å². The van der Waals surface area contributed by atoms with Gasteiger partial charge in [-0.25, -0.2) is 4.98 Å². The number of hydrogen-bond donors (Lipinski definition) is 6. The molecule has 0 spiro atoms. The fourth-order valence-electron chi connectivity index (χ4n) is 5.87. The van der Waals surface area contributed by atoms with Crippen LogP contribution in [-0.2, 0) is 4.79 Å². The third kappa shape index (κ3) is 5.84. The van der Waals surface area contributed by atoms with Gasteiger partial charge in [0.15, 0.2) is 17.0 Å². The number of nitrogens with one attached hydrogen (secondary N) is 3. The van der Waals surface area contributed by atoms with E-state index in [1.54, 1.807) is 10.9 Å². The maximum Gasteiger partial charge on any atom is 0.227 e. The van der Waals surface area contributed by atoms with E-state index in [0.29, 0.717) is 29.5 Å². The molecule has 0 unspecified atom stereocenters. The van der Waals surface area contributed by atoms with Crippen molar-refractivity contribution in [1.29, 1.82) is 0 Å². The number of nitrogens with zero attached hydrogens (tertiary/aromatic N) is 4. The average Bonchev–Trinajstić information content (AvgIpc) is 3.70. The van der Waals surface area contributed by atoms with E-state index in [-0.39, 0.29) is 30.8 Å². The lowest BCUT2D eigenvalue weighted by atomic mass is 9.91. The molecule has 2 aromatic carbocycles. The Balaban J connectivity index is 0.00000337. The number of benzene rings is 2. The molecule has 1 aliphatic carbocycles. The van der Waals surface area contributed by atoms with E-state index in [0.717, 1.165) is 19.5 Å². The molecule has 0 radical (unpaired) electrons. The van der Waals surface area contributed by atoms with E-state index < -0.39 is 30.1 Å². The summed E-state index contributed by atoms with van der Waals surface area (Å²) in [6.07, 6.45) is 0.286. The minimum absolute atomic E-state index is 0. The Kier molecular flexibility index (Phi) is 8.69. The highest BCUT2D eigenvalue weighted by molar-refractivity contribution is 5.85. The molecule has 0 bridgehead atoms. The Morgan fingerprint density at radius 3 is 2.32 bits per heavy atom. The van der Waals surface area contributed by atoms with E-state index in [4.69, 9.17) is 15.7 Å². The summed E-state index contributed by atoms with van der Waals surface area (Å²) in [4.78, 5) is 26.1. The number of hydrogen-bond acceptors (Lipinski definition) is 9. The molecule has 1 saturated heterocycles. The fourth-order valence-corrected chi connectivity index (χ4v) is 5.87. The molecule has 2 fully saturated rings. The highest BCUT2D eigenvalue weighted by atomic mass is 35.5. The summed E-state index contributed by atoms with van der Waals surface area (Å²) in [5.41, 5.74) is 8.89. The molecule has 2 aliphatic rings. The van der Waals surface area contributed by atoms with Crippen LogP contribution in [0.1, 0.15) is 35.9 Å². The van der Waals surface area contributed by atoms with Gasteiger partial charge in [-0.05, 0) is 30.5 Å². The van der Waals surface area contributed by atoms with Crippen LogP contribution in [0.2, 0.25) is 0 Å². The van der Waals surface area contributed by atoms with Crippen molar-refractivity contribution in [3.63, 3.8) is 0 Å². The number of rotatable bonds is 9. The Bertz CT molecular complexity index is 1430. The van der Waals surface area contributed by atoms with Crippen molar-refractivity contribution in [2.24, 2.45) is 11.7 Å². The van der Waals surface area contributed by atoms with Crippen molar-refractivity contribution in [3.05, 3.63) is 78.1 Å². The van der Waals surface area contributed by atoms with Gasteiger partial charge in [0.25, 0.3) is 0 Å². The summed E-state index contributed by atoms with van der Waals surface area (Å²) in [5.74, 6) is -0.418. The van der Waals surface area contributed by atoms with Crippen molar-refractivity contribution < 1.29 is 15.0 Å². The zero-order chi connectivity index (χ0) is 27.6. The lowest BCUT2D eigenvalue weighted by Crippen LogP contribution is -2.35. The minimum atomic E-state index is -1.25. The second kappa shape index (κ2) is 12.4. The largest absolute Gasteiger partial charge is 0.390 e. The number of fused-ring (bicyclic) bond motifs is 1. The predicted octanol–water partition coefficient (Wildman–Crippen LogP) is 2.03. The number of nitrogens with two attached hydrogens (primary N) is 1. The number of halogens is 1. The average molecular weight is 579 g/mol. The third-order valence-electron chi connectivity index (χ3n) is 8.07. The van der Waals surface area contributed by atoms with Crippen LogP contribution in [0.5, 0.6) is 0 Å². The Labute approximate surface area is 244 Å². The van der Waals surface area contributed by atoms with Gasteiger partial charge in [-0.2, -0.15) is 9.97 Å². The van der Waals surface area contributed by atoms with Crippen molar-refractivity contribution in [3.8, 4) is 0 Å². The standard InChI is InChI=1S/C29H34N8O3.ClH/c30-26(40)20-13-22(25(39)24(20)38)37-16-33-23-27(35-29(36-28(23)37)34-19-11-12-31-14-19)32-15-21(17-7-3-1-4-8-17)18-9-5-2-6-10-18;/h1-10,16,19-22,24-25,31,38-39H,11-15H2,(H2,30,40)(H2,32,34,35,36);1H/t19-,20-,22+,24+,25-;/m0./s1. The summed E-state index contributed by atoms with van der Waals surface area (Å²) in [5, 5.41) is 31.6. The summed E-state index contributed by atoms with van der Waals surface area (Å²) in [6.45, 7) is 2.28. The monoisotopic (exact) mass is 578 g/mol. The van der Waals surface area contributed by atoms with Gasteiger partial charge in [0, 0.05) is 25.0 Å². The first-order chi connectivity index (χ1) is 19.5. The molecule has 7 N–H and O–H groups in total. The van der Waals surface area contributed by atoms with Gasteiger partial charge in [-0.15, -0.1) is 12.4 Å². The first kappa shape index (κ1) is 28.7. The number of aromatic nitrogens is 4. The van der Waals surface area contributed by atoms with Gasteiger partial charge in [-0.1, -0.05) is 60.7 Å². The van der Waals surface area contributed by atoms with Crippen LogP contribution in [-0.4, -0.2) is 73.5 Å². The minimum Gasteiger partial charge on any atom is -0.390 e. The van der Waals surface area contributed by atoms with Crippen LogP contribution in [0, 0.1) is 5.92 Å². The number of carbonyl (C=O) groups is 1. The lowest BCUT2D eigenvalue weighted by molar-refractivity contribution is -0.125. The summed E-state index contributed by atoms with van der Waals surface area (Å²) >= 11 is 0. The molecule has 1 aliphatic heterocycles. The SMILES string of the molecule is Cl.NC(=O)[C@H]1C[C@@H](n2cnc3c(NCC(c4ccccc4)c4ccccc4)nc(N[C@H]4CCNC4)nc32)[C@H](O)[C@@H]1O. The lowest BCUT2D eigenvalue weighted by Gasteiger charge is -2.21. The molecule has 1 saturated carbocycles. The van der Waals surface area contributed by atoms with E-state index in [9.17, 15) is 15.0 Å². The molecular weight excluding hydrogens is 544 g/mol. The first-order valence-electron chi connectivity index (χ1n) is 13.7. The van der Waals surface area contributed by atoms with Crippen LogP contribution >= 0.6 is 12.4 Å². The number of aliphatic hydroxyl groups excluding tert-OH is 2. The van der Waals surface area contributed by atoms with Gasteiger partial charge >= 0.3 is 0 Å². The molecule has 5 atom stereocenters. The summed E-state index contributed by atoms with van der Waals surface area (Å²) < 4.78 is 1.73. The molecule has 4 aromatic rings. The Morgan fingerprint density at radius 1 is 1.05 bits per heavy atom. The number of anilines is 2. The number of carbonyl (C=O) groups excluding carboxylic acids is 1. The smallest absolute Gasteiger partial charge is 0.227 e. The molecule has 216 valence electrons. The van der Waals surface area contributed by atoms with Crippen molar-refractivity contribution in [2.75, 3.05) is 30.3 Å². The summed E-state index contributed by atoms with van der Waals surface area (Å²) in [7, 11) is 0. The van der Waals surface area contributed by atoms with Crippen molar-refractivity contribution >= 4 is 41.2 Å². The van der Waals surface area contributed by atoms with Gasteiger partial charge in [0.2, 0.25) is 11.9 Å². The predicted molar refractivity (Wildman–Crippen MR) is 159 cm³/mol. The maximum atomic E-state index is 11.9. The van der Waals surface area contributed by atoms with E-state index in [1.807, 2.05) is 36.4 Å². The van der Waals surface area contributed by atoms with Crippen molar-refractivity contribution in [1.82, 2.24) is 24.8 Å². The Hall–Kier alpha value is -3.77. The number of amides is 1. The fraction of sp³-hybridized carbons (Fsp3) is 0.379. The second-order valence-electron chi connectivity index (χ2n) is 10.6. The van der Waals surface area contributed by atoms with Gasteiger partial charge in [-0.3, -0.25) is 4.79 Å². The topological polar surface area (TPSA) is 163 Å². The third-order valence-corrected chi connectivity index (χ3v) is 8.07. The number of aliphatic hydroxyl groups is 2. The van der Waals surface area contributed by atoms with Crippen molar-refractivity contribution in [2.45, 2.75) is 43.1 Å². The zero-order valence-corrected chi connectivity index (χ0v) is 23.2. The molecule has 1 amide bonds. The number of imidazole rings is 1. The molecule has 11 nitrogen and oxygen atoms in total. The van der Waals surface area contributed by atoms with E-state index in [1.165, 1.54) is 11.1 Å². The highest BCUT2D eigenvalue weighted by Crippen LogP contribution is 2.37. The van der Waals surface area contributed by atoms with Crippen LogP contribution in [0.25, 0.3) is 11.2 Å². The molecule has 2 aromatic heterocycles. The molecular formula is C29H35ClN8O3. The normalized spacial score (nSPS) is 23.9. The van der Waals surface area contributed by atoms with Gasteiger partial charge in [0.05, 0.1) is 24.4 Å². The maximum absolute atomic E-state index is 11.9. The Morgan fingerprint density at radius 2 is 1.73 bits per heavy atom. The van der Waals surface area contributed by atoms with E-state index in [2.05, 4.69) is 45.2 Å². The van der Waals surface area contributed by atoms with Gasteiger partial charge < -0.3 is 36.5 Å². The zero-order valence-electron chi connectivity index (χ0n) is 22.4. The van der Waals surface area contributed by atoms with Crippen LogP contribution in [0.3, 0.4) is 0 Å². The molecule has 41 heavy (non-hydrogen) atoms. The molecule has 3 heterocycles. The van der Waals surface area contributed by atoms with Gasteiger partial charge in [0.1, 0.15) is 6.10 Å². The van der Waals surface area contributed by atoms with Crippen LogP contribution < -0.4 is 21.7 Å². The van der Waals surface area contributed by atoms with E-state index >= 15 is 0 Å². The molecule has 12 heteroatoms. The van der Waals surface area contributed by atoms with Crippen LogP contribution in [0.15, 0.2) is 67.0 Å². The highest BCUT2D eigenvalue weighted by Gasteiger charge is 2.45. The summed E-state index contributed by atoms with van der Waals surface area (Å²) in [6, 6.07) is 20.2.